The van der Waals surface area contributed by atoms with E-state index in [2.05, 4.69) is 4.99 Å². The smallest absolute Gasteiger partial charge is 0.184 e. The van der Waals surface area contributed by atoms with Crippen LogP contribution in [0.2, 0.25) is 0 Å². The molecular weight excluding hydrogens is 262 g/mol. The summed E-state index contributed by atoms with van der Waals surface area (Å²) in [6, 6.07) is 19.3. The molecule has 2 aromatic rings. The van der Waals surface area contributed by atoms with Gasteiger partial charge in [0.05, 0.1) is 13.2 Å². The number of Topliss-reactive ketones (excluding diaryl/α,β-unsaturated/α-hetero) is 1. The number of hydrogen-bond donors (Lipinski definition) is 0. The fourth-order valence-electron chi connectivity index (χ4n) is 1.85. The maximum absolute atomic E-state index is 11.8. The molecule has 0 aromatic heterocycles. The first-order valence-electron chi connectivity index (χ1n) is 7.04. The average molecular weight is 281 g/mol. The van der Waals surface area contributed by atoms with E-state index in [-0.39, 0.29) is 12.3 Å². The van der Waals surface area contributed by atoms with Gasteiger partial charge < -0.3 is 4.74 Å². The van der Waals surface area contributed by atoms with Gasteiger partial charge in [0.1, 0.15) is 6.54 Å². The molecule has 0 fully saturated rings. The van der Waals surface area contributed by atoms with Crippen LogP contribution in [-0.4, -0.2) is 25.1 Å². The van der Waals surface area contributed by atoms with Gasteiger partial charge in [-0.3, -0.25) is 9.79 Å². The SMILES string of the molecule is O=C(CN=CCCOCc1ccccc1)c1ccccc1. The normalized spacial score (nSPS) is 10.9. The lowest BCUT2D eigenvalue weighted by Gasteiger charge is -2.01. The molecule has 0 saturated carbocycles. The number of rotatable bonds is 8. The van der Waals surface area contributed by atoms with E-state index in [1.54, 1.807) is 18.3 Å². The van der Waals surface area contributed by atoms with Gasteiger partial charge in [-0.05, 0) is 5.56 Å². The van der Waals surface area contributed by atoms with E-state index < -0.39 is 0 Å². The molecule has 21 heavy (non-hydrogen) atoms. The molecule has 0 heterocycles. The molecule has 0 atom stereocenters. The van der Waals surface area contributed by atoms with Crippen LogP contribution < -0.4 is 0 Å². The van der Waals surface area contributed by atoms with Crippen LogP contribution in [0.25, 0.3) is 0 Å². The predicted octanol–water partition coefficient (Wildman–Crippen LogP) is 3.55. The van der Waals surface area contributed by atoms with Crippen LogP contribution >= 0.6 is 0 Å². The maximum atomic E-state index is 11.8. The molecule has 2 aromatic carbocycles. The number of hydrogen-bond acceptors (Lipinski definition) is 3. The summed E-state index contributed by atoms with van der Waals surface area (Å²) in [7, 11) is 0. The zero-order chi connectivity index (χ0) is 14.8. The van der Waals surface area contributed by atoms with Gasteiger partial charge in [-0.2, -0.15) is 0 Å². The Labute approximate surface area is 125 Å². The van der Waals surface area contributed by atoms with E-state index in [9.17, 15) is 4.79 Å². The third-order valence-electron chi connectivity index (χ3n) is 2.96. The van der Waals surface area contributed by atoms with Crippen molar-refractivity contribution in [2.45, 2.75) is 13.0 Å². The molecule has 108 valence electrons. The second-order valence-corrected chi connectivity index (χ2v) is 4.64. The van der Waals surface area contributed by atoms with Crippen LogP contribution in [0, 0.1) is 0 Å². The highest BCUT2D eigenvalue weighted by atomic mass is 16.5. The molecule has 2 rings (SSSR count). The van der Waals surface area contributed by atoms with Crippen LogP contribution in [-0.2, 0) is 11.3 Å². The van der Waals surface area contributed by atoms with E-state index in [0.717, 1.165) is 12.0 Å². The molecule has 0 unspecified atom stereocenters. The zero-order valence-electron chi connectivity index (χ0n) is 11.9. The van der Waals surface area contributed by atoms with Crippen LogP contribution in [0.3, 0.4) is 0 Å². The third kappa shape index (κ3) is 5.71. The van der Waals surface area contributed by atoms with Gasteiger partial charge in [-0.1, -0.05) is 60.7 Å². The first-order valence-corrected chi connectivity index (χ1v) is 7.04. The van der Waals surface area contributed by atoms with Gasteiger partial charge in [0.2, 0.25) is 0 Å². The standard InChI is InChI=1S/C18H19NO2/c20-18(17-10-5-2-6-11-17)14-19-12-7-13-21-15-16-8-3-1-4-9-16/h1-6,8-12H,7,13-15H2. The summed E-state index contributed by atoms with van der Waals surface area (Å²) in [4.78, 5) is 15.9. The first-order chi connectivity index (χ1) is 10.4. The Balaban J connectivity index is 1.60. The highest BCUT2D eigenvalue weighted by molar-refractivity contribution is 5.98. The van der Waals surface area contributed by atoms with Crippen molar-refractivity contribution >= 4 is 12.0 Å². The van der Waals surface area contributed by atoms with Gasteiger partial charge in [0.15, 0.2) is 5.78 Å². The van der Waals surface area contributed by atoms with Crippen molar-refractivity contribution in [1.29, 1.82) is 0 Å². The minimum atomic E-state index is 0.0389. The summed E-state index contributed by atoms with van der Waals surface area (Å²) < 4.78 is 5.54. The fraction of sp³-hybridized carbons (Fsp3) is 0.222. The Morgan fingerprint density at radius 3 is 2.38 bits per heavy atom. The van der Waals surface area contributed by atoms with Crippen molar-refractivity contribution in [3.05, 3.63) is 71.8 Å². The molecular formula is C18H19NO2. The van der Waals surface area contributed by atoms with E-state index >= 15 is 0 Å². The van der Waals surface area contributed by atoms with Crippen LogP contribution in [0.15, 0.2) is 65.7 Å². The second kappa shape index (κ2) is 8.82. The highest BCUT2D eigenvalue weighted by Gasteiger charge is 2.01. The third-order valence-corrected chi connectivity index (χ3v) is 2.96. The van der Waals surface area contributed by atoms with Gasteiger partial charge in [0.25, 0.3) is 0 Å². The number of ketones is 1. The zero-order valence-corrected chi connectivity index (χ0v) is 11.9. The van der Waals surface area contributed by atoms with Gasteiger partial charge >= 0.3 is 0 Å². The van der Waals surface area contributed by atoms with Crippen molar-refractivity contribution in [3.63, 3.8) is 0 Å². The van der Waals surface area contributed by atoms with Crippen LogP contribution in [0.1, 0.15) is 22.3 Å². The molecule has 0 spiro atoms. The average Bonchev–Trinajstić information content (AvgIpc) is 2.55. The van der Waals surface area contributed by atoms with Crippen LogP contribution in [0.4, 0.5) is 0 Å². The molecule has 3 nitrogen and oxygen atoms in total. The molecule has 0 aliphatic carbocycles. The Hall–Kier alpha value is -2.26. The Morgan fingerprint density at radius 1 is 1.00 bits per heavy atom. The largest absolute Gasteiger partial charge is 0.376 e. The summed E-state index contributed by atoms with van der Waals surface area (Å²) >= 11 is 0. The molecule has 3 heteroatoms. The maximum Gasteiger partial charge on any atom is 0.184 e. The molecule has 0 aliphatic heterocycles. The molecule has 0 saturated heterocycles. The van der Waals surface area contributed by atoms with Gasteiger partial charge in [0, 0.05) is 18.2 Å². The summed E-state index contributed by atoms with van der Waals surface area (Å²) in [5.41, 5.74) is 1.86. The number of benzene rings is 2. The molecule has 0 aliphatic rings. The topological polar surface area (TPSA) is 38.7 Å². The Morgan fingerprint density at radius 2 is 1.67 bits per heavy atom. The second-order valence-electron chi connectivity index (χ2n) is 4.64. The molecule has 0 radical (unpaired) electrons. The summed E-state index contributed by atoms with van der Waals surface area (Å²) in [5.74, 6) is 0.0389. The van der Waals surface area contributed by atoms with Crippen molar-refractivity contribution in [2.24, 2.45) is 4.99 Å². The minimum Gasteiger partial charge on any atom is -0.376 e. The van der Waals surface area contributed by atoms with E-state index in [0.29, 0.717) is 18.8 Å². The van der Waals surface area contributed by atoms with E-state index in [4.69, 9.17) is 4.74 Å². The van der Waals surface area contributed by atoms with E-state index in [1.807, 2.05) is 48.5 Å². The van der Waals surface area contributed by atoms with Crippen molar-refractivity contribution in [3.8, 4) is 0 Å². The summed E-state index contributed by atoms with van der Waals surface area (Å²) in [6.45, 7) is 1.41. The Bertz CT molecular complexity index is 564. The molecule has 0 bridgehead atoms. The van der Waals surface area contributed by atoms with Crippen molar-refractivity contribution in [1.82, 2.24) is 0 Å². The number of aliphatic imine (C=N–C) groups is 1. The monoisotopic (exact) mass is 281 g/mol. The number of ether oxygens (including phenoxy) is 1. The Kier molecular flexibility index (Phi) is 6.36. The highest BCUT2D eigenvalue weighted by Crippen LogP contribution is 2.01. The number of carbonyl (C=O) groups excluding carboxylic acids is 1. The molecule has 0 amide bonds. The van der Waals surface area contributed by atoms with E-state index in [1.165, 1.54) is 0 Å². The lowest BCUT2D eigenvalue weighted by atomic mass is 10.1. The van der Waals surface area contributed by atoms with Gasteiger partial charge in [-0.25, -0.2) is 0 Å². The summed E-state index contributed by atoms with van der Waals surface area (Å²) in [6.07, 6.45) is 2.47. The van der Waals surface area contributed by atoms with Crippen molar-refractivity contribution < 1.29 is 9.53 Å². The lowest BCUT2D eigenvalue weighted by molar-refractivity contribution is 0.100. The lowest BCUT2D eigenvalue weighted by Crippen LogP contribution is -2.03. The molecule has 0 N–H and O–H groups in total. The summed E-state index contributed by atoms with van der Waals surface area (Å²) in [5, 5.41) is 0. The minimum absolute atomic E-state index is 0.0389. The predicted molar refractivity (Wildman–Crippen MR) is 84.8 cm³/mol. The quantitative estimate of drug-likeness (QED) is 0.421. The first kappa shape index (κ1) is 15.1. The van der Waals surface area contributed by atoms with Crippen molar-refractivity contribution in [2.75, 3.05) is 13.2 Å². The van der Waals surface area contributed by atoms with Gasteiger partial charge in [-0.15, -0.1) is 0 Å². The van der Waals surface area contributed by atoms with Crippen LogP contribution in [0.5, 0.6) is 0 Å². The number of nitrogens with zero attached hydrogens (tertiary/aromatic N) is 1. The number of carbonyl (C=O) groups is 1. The fourth-order valence-corrected chi connectivity index (χ4v) is 1.85.